The zero-order valence-electron chi connectivity index (χ0n) is 13.0. The molecule has 0 atom stereocenters. The molecule has 2 aromatic rings. The van der Waals surface area contributed by atoms with E-state index < -0.39 is 0 Å². The Hall–Kier alpha value is -2.33. The Labute approximate surface area is 132 Å². The van der Waals surface area contributed by atoms with Gasteiger partial charge in [0, 0.05) is 0 Å². The fraction of sp³-hybridized carbons (Fsp3) is 0.278. The van der Waals surface area contributed by atoms with E-state index in [4.69, 9.17) is 0 Å². The molecule has 0 heterocycles. The second-order valence-corrected chi connectivity index (χ2v) is 5.07. The number of carbonyl (C=O) groups is 1. The molecule has 0 saturated carbocycles. The van der Waals surface area contributed by atoms with Gasteiger partial charge in [-0.15, -0.1) is 0 Å². The highest BCUT2D eigenvalue weighted by molar-refractivity contribution is 5.82. The van der Waals surface area contributed by atoms with Gasteiger partial charge < -0.3 is 5.32 Å². The van der Waals surface area contributed by atoms with Gasteiger partial charge in [0.05, 0.1) is 17.9 Å². The van der Waals surface area contributed by atoms with Crippen LogP contribution in [0.15, 0.2) is 60.7 Å². The van der Waals surface area contributed by atoms with E-state index in [1.807, 2.05) is 65.7 Å². The molecule has 0 unspecified atom stereocenters. The van der Waals surface area contributed by atoms with Crippen LogP contribution in [0.1, 0.15) is 19.8 Å². The SMILES string of the molecule is CCCCNCC(=O)NN(c1ccccc1)c1ccccc1. The highest BCUT2D eigenvalue weighted by atomic mass is 16.2. The smallest absolute Gasteiger partial charge is 0.252 e. The summed E-state index contributed by atoms with van der Waals surface area (Å²) in [5.74, 6) is -0.0520. The maximum absolute atomic E-state index is 12.1. The number of unbranched alkanes of at least 4 members (excludes halogenated alkanes) is 1. The zero-order valence-corrected chi connectivity index (χ0v) is 13.0. The first kappa shape index (κ1) is 16.0. The van der Waals surface area contributed by atoms with Crippen molar-refractivity contribution in [1.82, 2.24) is 10.7 Å². The molecule has 1 amide bonds. The minimum Gasteiger partial charge on any atom is -0.308 e. The van der Waals surface area contributed by atoms with Crippen molar-refractivity contribution in [2.75, 3.05) is 18.1 Å². The molecule has 0 fully saturated rings. The van der Waals surface area contributed by atoms with Gasteiger partial charge in [0.2, 0.25) is 0 Å². The van der Waals surface area contributed by atoms with Crippen LogP contribution in [-0.2, 0) is 4.79 Å². The van der Waals surface area contributed by atoms with Crippen LogP contribution in [0.2, 0.25) is 0 Å². The molecule has 0 bridgehead atoms. The third kappa shape index (κ3) is 4.90. The van der Waals surface area contributed by atoms with E-state index in [0.717, 1.165) is 30.8 Å². The molecule has 22 heavy (non-hydrogen) atoms. The summed E-state index contributed by atoms with van der Waals surface area (Å²) in [7, 11) is 0. The van der Waals surface area contributed by atoms with Crippen molar-refractivity contribution in [2.45, 2.75) is 19.8 Å². The van der Waals surface area contributed by atoms with Crippen molar-refractivity contribution in [3.05, 3.63) is 60.7 Å². The number of rotatable bonds is 8. The number of carbonyl (C=O) groups excluding carboxylic acids is 1. The van der Waals surface area contributed by atoms with Crippen LogP contribution < -0.4 is 15.8 Å². The van der Waals surface area contributed by atoms with Gasteiger partial charge in [0.25, 0.3) is 5.91 Å². The summed E-state index contributed by atoms with van der Waals surface area (Å²) in [5.41, 5.74) is 4.81. The first-order valence-electron chi connectivity index (χ1n) is 7.71. The Morgan fingerprint density at radius 1 is 0.955 bits per heavy atom. The fourth-order valence-corrected chi connectivity index (χ4v) is 2.10. The van der Waals surface area contributed by atoms with Gasteiger partial charge in [-0.1, -0.05) is 49.7 Å². The van der Waals surface area contributed by atoms with Gasteiger partial charge in [0.15, 0.2) is 0 Å². The van der Waals surface area contributed by atoms with Crippen LogP contribution in [0.25, 0.3) is 0 Å². The van der Waals surface area contributed by atoms with E-state index in [9.17, 15) is 4.79 Å². The van der Waals surface area contributed by atoms with Crippen molar-refractivity contribution >= 4 is 17.3 Å². The number of hydrazine groups is 1. The summed E-state index contributed by atoms with van der Waals surface area (Å²) in [4.78, 5) is 12.1. The first-order valence-corrected chi connectivity index (χ1v) is 7.71. The predicted octanol–water partition coefficient (Wildman–Crippen LogP) is 3.25. The van der Waals surface area contributed by atoms with Gasteiger partial charge in [-0.25, -0.2) is 0 Å². The number of para-hydroxylation sites is 2. The second kappa shape index (κ2) is 8.85. The third-order valence-electron chi connectivity index (χ3n) is 3.26. The lowest BCUT2D eigenvalue weighted by Crippen LogP contribution is -2.43. The molecule has 2 N–H and O–H groups in total. The molecule has 4 nitrogen and oxygen atoms in total. The Morgan fingerprint density at radius 3 is 2.00 bits per heavy atom. The zero-order chi connectivity index (χ0) is 15.6. The van der Waals surface area contributed by atoms with Crippen LogP contribution in [-0.4, -0.2) is 19.0 Å². The molecule has 0 aromatic heterocycles. The largest absolute Gasteiger partial charge is 0.308 e. The molecular weight excluding hydrogens is 274 g/mol. The molecule has 4 heteroatoms. The molecule has 0 saturated heterocycles. The number of nitrogens with zero attached hydrogens (tertiary/aromatic N) is 1. The second-order valence-electron chi connectivity index (χ2n) is 5.07. The van der Waals surface area contributed by atoms with Crippen LogP contribution in [0.3, 0.4) is 0 Å². The number of anilines is 2. The highest BCUT2D eigenvalue weighted by Gasteiger charge is 2.11. The third-order valence-corrected chi connectivity index (χ3v) is 3.26. The number of amides is 1. The topological polar surface area (TPSA) is 44.4 Å². The molecule has 2 rings (SSSR count). The van der Waals surface area contributed by atoms with Crippen molar-refractivity contribution < 1.29 is 4.79 Å². The molecule has 0 aliphatic carbocycles. The Kier molecular flexibility index (Phi) is 6.45. The van der Waals surface area contributed by atoms with E-state index >= 15 is 0 Å². The van der Waals surface area contributed by atoms with Gasteiger partial charge >= 0.3 is 0 Å². The van der Waals surface area contributed by atoms with Crippen LogP contribution >= 0.6 is 0 Å². The lowest BCUT2D eigenvalue weighted by molar-refractivity contribution is -0.120. The predicted molar refractivity (Wildman–Crippen MR) is 90.9 cm³/mol. The van der Waals surface area contributed by atoms with Crippen molar-refractivity contribution in [3.8, 4) is 0 Å². The lowest BCUT2D eigenvalue weighted by atomic mass is 10.2. The number of nitrogens with one attached hydrogen (secondary N) is 2. The number of hydrogen-bond donors (Lipinski definition) is 2. The minimum absolute atomic E-state index is 0.0520. The quantitative estimate of drug-likeness (QED) is 0.581. The number of hydrogen-bond acceptors (Lipinski definition) is 3. The summed E-state index contributed by atoms with van der Waals surface area (Å²) in [5, 5.41) is 4.97. The van der Waals surface area contributed by atoms with Crippen LogP contribution in [0.4, 0.5) is 11.4 Å². The molecule has 0 aliphatic rings. The van der Waals surface area contributed by atoms with Gasteiger partial charge in [-0.05, 0) is 37.2 Å². The highest BCUT2D eigenvalue weighted by Crippen LogP contribution is 2.22. The Balaban J connectivity index is 2.04. The van der Waals surface area contributed by atoms with Gasteiger partial charge in [-0.2, -0.15) is 0 Å². The average molecular weight is 297 g/mol. The molecule has 0 radical (unpaired) electrons. The van der Waals surface area contributed by atoms with Crippen LogP contribution in [0, 0.1) is 0 Å². The summed E-state index contributed by atoms with van der Waals surface area (Å²) >= 11 is 0. The number of benzene rings is 2. The van der Waals surface area contributed by atoms with E-state index in [2.05, 4.69) is 17.7 Å². The normalized spacial score (nSPS) is 10.2. The van der Waals surface area contributed by atoms with Crippen molar-refractivity contribution in [1.29, 1.82) is 0 Å². The Morgan fingerprint density at radius 2 is 1.50 bits per heavy atom. The standard InChI is InChI=1S/C18H23N3O/c1-2-3-14-19-15-18(22)20-21(16-10-6-4-7-11-16)17-12-8-5-9-13-17/h4-13,19H,2-3,14-15H2,1H3,(H,20,22). The molecule has 116 valence electrons. The lowest BCUT2D eigenvalue weighted by Gasteiger charge is -2.25. The summed E-state index contributed by atoms with van der Waals surface area (Å²) in [6, 6.07) is 19.6. The Bertz CT molecular complexity index is 518. The van der Waals surface area contributed by atoms with Crippen molar-refractivity contribution in [3.63, 3.8) is 0 Å². The van der Waals surface area contributed by atoms with E-state index in [0.29, 0.717) is 6.54 Å². The van der Waals surface area contributed by atoms with E-state index in [-0.39, 0.29) is 5.91 Å². The first-order chi connectivity index (χ1) is 10.8. The van der Waals surface area contributed by atoms with Gasteiger partial charge in [-0.3, -0.25) is 15.2 Å². The maximum atomic E-state index is 12.1. The maximum Gasteiger partial charge on any atom is 0.252 e. The molecule has 0 aliphatic heterocycles. The van der Waals surface area contributed by atoms with E-state index in [1.54, 1.807) is 0 Å². The van der Waals surface area contributed by atoms with E-state index in [1.165, 1.54) is 0 Å². The van der Waals surface area contributed by atoms with Crippen LogP contribution in [0.5, 0.6) is 0 Å². The summed E-state index contributed by atoms with van der Waals surface area (Å²) < 4.78 is 0. The average Bonchev–Trinajstić information content (AvgIpc) is 2.58. The summed E-state index contributed by atoms with van der Waals surface area (Å²) in [6.45, 7) is 3.31. The summed E-state index contributed by atoms with van der Waals surface area (Å²) in [6.07, 6.45) is 2.20. The fourth-order valence-electron chi connectivity index (χ4n) is 2.10. The van der Waals surface area contributed by atoms with Gasteiger partial charge in [0.1, 0.15) is 0 Å². The van der Waals surface area contributed by atoms with Crippen molar-refractivity contribution in [2.24, 2.45) is 0 Å². The molecule has 2 aromatic carbocycles. The molecular formula is C18H23N3O. The molecule has 0 spiro atoms. The minimum atomic E-state index is -0.0520. The monoisotopic (exact) mass is 297 g/mol.